The van der Waals surface area contributed by atoms with Gasteiger partial charge in [0.25, 0.3) is 0 Å². The third kappa shape index (κ3) is 4.70. The van der Waals surface area contributed by atoms with E-state index in [4.69, 9.17) is 14.2 Å². The molecule has 1 heterocycles. The first kappa shape index (κ1) is 20.6. The third-order valence-corrected chi connectivity index (χ3v) is 4.46. The van der Waals surface area contributed by atoms with E-state index < -0.39 is 5.97 Å². The first-order valence-corrected chi connectivity index (χ1v) is 8.86. The van der Waals surface area contributed by atoms with Crippen molar-refractivity contribution in [1.82, 2.24) is 4.57 Å². The van der Waals surface area contributed by atoms with Crippen LogP contribution in [0.1, 0.15) is 47.2 Å². The minimum atomic E-state index is -0.465. The number of aryl methyl sites for hydroxylation is 1. The topological polar surface area (TPSA) is 66.8 Å². The molecule has 0 radical (unpaired) electrons. The molecule has 0 amide bonds. The molecule has 0 spiro atoms. The van der Waals surface area contributed by atoms with Gasteiger partial charge < -0.3 is 18.8 Å². The molecule has 0 atom stereocenters. The van der Waals surface area contributed by atoms with Crippen LogP contribution < -0.4 is 9.47 Å². The van der Waals surface area contributed by atoms with Crippen molar-refractivity contribution in [3.63, 3.8) is 0 Å². The number of Topliss-reactive ketones (excluding diaryl/α,β-unsaturated/α-hetero) is 1. The number of benzene rings is 1. The average molecular weight is 373 g/mol. The van der Waals surface area contributed by atoms with Crippen molar-refractivity contribution < 1.29 is 23.8 Å². The smallest absolute Gasteiger partial charge is 0.310 e. The molecule has 0 N–H and O–H groups in total. The van der Waals surface area contributed by atoms with Crippen LogP contribution in [0.15, 0.2) is 24.3 Å². The molecule has 0 aliphatic rings. The number of ketones is 1. The van der Waals surface area contributed by atoms with Gasteiger partial charge in [-0.05, 0) is 51.5 Å². The molecule has 2 rings (SSSR count). The predicted octanol–water partition coefficient (Wildman–Crippen LogP) is 3.67. The molecule has 2 aromatic rings. The molecule has 0 aliphatic heterocycles. The maximum atomic E-state index is 12.5. The number of carbonyl (C=O) groups excluding carboxylic acids is 2. The monoisotopic (exact) mass is 373 g/mol. The van der Waals surface area contributed by atoms with E-state index in [9.17, 15) is 9.59 Å². The Balaban J connectivity index is 2.00. The Morgan fingerprint density at radius 2 is 1.70 bits per heavy atom. The number of aromatic nitrogens is 1. The van der Waals surface area contributed by atoms with Gasteiger partial charge in [0.1, 0.15) is 0 Å². The number of nitrogens with zero attached hydrogens (tertiary/aromatic N) is 1. The Morgan fingerprint density at radius 3 is 2.26 bits per heavy atom. The van der Waals surface area contributed by atoms with Gasteiger partial charge in [0.05, 0.1) is 20.6 Å². The van der Waals surface area contributed by atoms with Gasteiger partial charge in [-0.25, -0.2) is 0 Å². The molecule has 0 saturated carbocycles. The van der Waals surface area contributed by atoms with Crippen LogP contribution in [0, 0.1) is 13.8 Å². The molecule has 6 heteroatoms. The maximum absolute atomic E-state index is 12.5. The fourth-order valence-corrected chi connectivity index (χ4v) is 3.29. The highest BCUT2D eigenvalue weighted by Crippen LogP contribution is 2.27. The molecule has 27 heavy (non-hydrogen) atoms. The largest absolute Gasteiger partial charge is 0.493 e. The van der Waals surface area contributed by atoms with Crippen LogP contribution in [0.25, 0.3) is 0 Å². The van der Waals surface area contributed by atoms with Gasteiger partial charge in [-0.2, -0.15) is 0 Å². The normalized spacial score (nSPS) is 10.8. The zero-order valence-electron chi connectivity index (χ0n) is 16.8. The Kier molecular flexibility index (Phi) is 6.66. The number of esters is 1. The summed E-state index contributed by atoms with van der Waals surface area (Å²) >= 11 is 0. The van der Waals surface area contributed by atoms with E-state index >= 15 is 0 Å². The Labute approximate surface area is 160 Å². The summed E-state index contributed by atoms with van der Waals surface area (Å²) in [5.41, 5.74) is 3.23. The van der Waals surface area contributed by atoms with E-state index in [1.54, 1.807) is 25.3 Å². The minimum Gasteiger partial charge on any atom is -0.493 e. The van der Waals surface area contributed by atoms with Crippen LogP contribution in [0.2, 0.25) is 0 Å². The lowest BCUT2D eigenvalue weighted by Crippen LogP contribution is -2.16. The highest BCUT2D eigenvalue weighted by molar-refractivity contribution is 5.99. The highest BCUT2D eigenvalue weighted by atomic mass is 16.5. The Morgan fingerprint density at radius 1 is 1.04 bits per heavy atom. The average Bonchev–Trinajstić information content (AvgIpc) is 2.94. The quantitative estimate of drug-likeness (QED) is 0.522. The summed E-state index contributed by atoms with van der Waals surface area (Å²) in [6.45, 7) is 7.74. The van der Waals surface area contributed by atoms with Crippen LogP contribution in [0.3, 0.4) is 0 Å². The summed E-state index contributed by atoms with van der Waals surface area (Å²) in [5.74, 6) is 0.467. The molecular weight excluding hydrogens is 346 g/mol. The zero-order chi connectivity index (χ0) is 20.1. The predicted molar refractivity (Wildman–Crippen MR) is 103 cm³/mol. The summed E-state index contributed by atoms with van der Waals surface area (Å²) in [6, 6.07) is 7.32. The second-order valence-electron chi connectivity index (χ2n) is 6.70. The zero-order valence-corrected chi connectivity index (χ0v) is 16.8. The summed E-state index contributed by atoms with van der Waals surface area (Å²) in [7, 11) is 3.08. The molecule has 146 valence electrons. The Hall–Kier alpha value is -2.76. The molecule has 0 unspecified atom stereocenters. The van der Waals surface area contributed by atoms with E-state index in [1.165, 1.54) is 7.11 Å². The number of hydrogen-bond donors (Lipinski definition) is 0. The van der Waals surface area contributed by atoms with Crippen molar-refractivity contribution in [2.45, 2.75) is 40.2 Å². The number of ether oxygens (including phenoxy) is 3. The van der Waals surface area contributed by atoms with E-state index in [0.717, 1.165) is 17.0 Å². The fourth-order valence-electron chi connectivity index (χ4n) is 3.29. The van der Waals surface area contributed by atoms with Crippen molar-refractivity contribution in [2.75, 3.05) is 20.8 Å². The summed E-state index contributed by atoms with van der Waals surface area (Å²) < 4.78 is 17.7. The maximum Gasteiger partial charge on any atom is 0.310 e. The number of rotatable bonds is 8. The first-order valence-electron chi connectivity index (χ1n) is 8.86. The second-order valence-corrected chi connectivity index (χ2v) is 6.70. The van der Waals surface area contributed by atoms with Gasteiger partial charge in [-0.3, -0.25) is 9.59 Å². The van der Waals surface area contributed by atoms with E-state index in [-0.39, 0.29) is 24.9 Å². The van der Waals surface area contributed by atoms with Crippen LogP contribution in [-0.2, 0) is 16.0 Å². The van der Waals surface area contributed by atoms with Crippen molar-refractivity contribution in [3.8, 4) is 11.5 Å². The van der Waals surface area contributed by atoms with Crippen LogP contribution >= 0.6 is 0 Å². The minimum absolute atomic E-state index is 0.0542. The molecule has 6 nitrogen and oxygen atoms in total. The fraction of sp³-hybridized carbons (Fsp3) is 0.429. The van der Waals surface area contributed by atoms with Gasteiger partial charge in [-0.1, -0.05) is 6.07 Å². The van der Waals surface area contributed by atoms with Crippen molar-refractivity contribution >= 4 is 11.8 Å². The van der Waals surface area contributed by atoms with Gasteiger partial charge >= 0.3 is 5.97 Å². The first-order chi connectivity index (χ1) is 12.8. The number of hydrogen-bond acceptors (Lipinski definition) is 5. The number of carbonyl (C=O) groups is 2. The van der Waals surface area contributed by atoms with E-state index in [2.05, 4.69) is 18.4 Å². The molecule has 0 bridgehead atoms. The lowest BCUT2D eigenvalue weighted by Gasteiger charge is -2.13. The van der Waals surface area contributed by atoms with Crippen LogP contribution in [0.4, 0.5) is 0 Å². The second kappa shape index (κ2) is 8.75. The van der Waals surface area contributed by atoms with Crippen molar-refractivity contribution in [3.05, 3.63) is 46.8 Å². The summed E-state index contributed by atoms with van der Waals surface area (Å²) in [5, 5.41) is 0. The van der Waals surface area contributed by atoms with Gasteiger partial charge in [-0.15, -0.1) is 0 Å². The SMILES string of the molecule is COc1ccc(CC(=O)OCC(=O)c2cc(C)n(C(C)C)c2C)cc1OC. The molecule has 1 aromatic carbocycles. The van der Waals surface area contributed by atoms with Crippen LogP contribution in [-0.4, -0.2) is 37.1 Å². The molecule has 0 saturated heterocycles. The molecule has 0 fully saturated rings. The molecular formula is C21H27NO5. The van der Waals surface area contributed by atoms with Crippen molar-refractivity contribution in [1.29, 1.82) is 0 Å². The highest BCUT2D eigenvalue weighted by Gasteiger charge is 2.18. The van der Waals surface area contributed by atoms with Gasteiger partial charge in [0, 0.05) is 23.0 Å². The molecule has 0 aliphatic carbocycles. The van der Waals surface area contributed by atoms with E-state index in [0.29, 0.717) is 17.1 Å². The van der Waals surface area contributed by atoms with Gasteiger partial charge in [0.15, 0.2) is 18.1 Å². The summed E-state index contributed by atoms with van der Waals surface area (Å²) in [6.07, 6.45) is 0.0542. The number of methoxy groups -OCH3 is 2. The van der Waals surface area contributed by atoms with E-state index in [1.807, 2.05) is 19.9 Å². The lowest BCUT2D eigenvalue weighted by molar-refractivity contribution is -0.141. The molecule has 1 aromatic heterocycles. The van der Waals surface area contributed by atoms with Crippen LogP contribution in [0.5, 0.6) is 11.5 Å². The standard InChI is InChI=1S/C21H27NO5/c1-13(2)22-14(3)9-17(15(22)4)18(23)12-27-21(24)11-16-7-8-19(25-5)20(10-16)26-6/h7-10,13H,11-12H2,1-6H3. The Bertz CT molecular complexity index is 835. The van der Waals surface area contributed by atoms with Gasteiger partial charge in [0.2, 0.25) is 5.78 Å². The van der Waals surface area contributed by atoms with Crippen molar-refractivity contribution in [2.24, 2.45) is 0 Å². The summed E-state index contributed by atoms with van der Waals surface area (Å²) in [4.78, 5) is 24.6. The lowest BCUT2D eigenvalue weighted by atomic mass is 10.1. The third-order valence-electron chi connectivity index (χ3n) is 4.46.